The van der Waals surface area contributed by atoms with E-state index in [1.807, 2.05) is 64.1 Å². The number of aromatic nitrogens is 2. The molecule has 0 unspecified atom stereocenters. The number of amides is 1. The molecule has 1 N–H and O–H groups in total. The van der Waals surface area contributed by atoms with E-state index in [9.17, 15) is 13.2 Å². The molecule has 1 amide bonds. The molecule has 0 saturated heterocycles. The first-order valence-electron chi connectivity index (χ1n) is 12.2. The average Bonchev–Trinajstić information content (AvgIpc) is 2.90. The number of carbonyl (C=O) groups is 1. The molecule has 0 aliphatic rings. The minimum Gasteiger partial charge on any atom is -0.494 e. The molecule has 0 atom stereocenters. The van der Waals surface area contributed by atoms with Crippen LogP contribution in [0.25, 0.3) is 11.3 Å². The lowest BCUT2D eigenvalue weighted by atomic mass is 10.1. The van der Waals surface area contributed by atoms with Gasteiger partial charge in [-0.3, -0.25) is 4.79 Å². The minimum absolute atomic E-state index is 0.0161. The standard InChI is InChI=1S/C29H29N3O5S/c1-5-16-36-23-11-9-22(10-12-23)25-14-13-24(28(33)32-38(34,35)26-8-6-7-15-30-26)29(31-25)37-27-20(3)17-19(2)18-21(27)4/h6-15,17-18H,5,16H2,1-4H3,(H,32,33). The van der Waals surface area contributed by atoms with E-state index >= 15 is 0 Å². The third kappa shape index (κ3) is 6.18. The summed E-state index contributed by atoms with van der Waals surface area (Å²) < 4.78 is 39.4. The summed E-state index contributed by atoms with van der Waals surface area (Å²) in [7, 11) is -4.20. The van der Waals surface area contributed by atoms with E-state index in [1.165, 1.54) is 24.4 Å². The van der Waals surface area contributed by atoms with Gasteiger partial charge in [0, 0.05) is 11.8 Å². The van der Waals surface area contributed by atoms with Gasteiger partial charge in [-0.05, 0) is 86.8 Å². The third-order valence-electron chi connectivity index (χ3n) is 5.67. The SMILES string of the molecule is CCCOc1ccc(-c2ccc(C(=O)NS(=O)(=O)c3ccccn3)c(Oc3c(C)cc(C)cc3C)n2)cc1. The number of carbonyl (C=O) groups excluding carboxylic acids is 1. The highest BCUT2D eigenvalue weighted by Gasteiger charge is 2.24. The van der Waals surface area contributed by atoms with E-state index in [1.54, 1.807) is 12.1 Å². The van der Waals surface area contributed by atoms with Crippen molar-refractivity contribution in [2.75, 3.05) is 6.61 Å². The van der Waals surface area contributed by atoms with Crippen molar-refractivity contribution in [1.29, 1.82) is 0 Å². The molecule has 4 aromatic rings. The number of benzene rings is 2. The first kappa shape index (κ1) is 26.8. The molecule has 0 aliphatic carbocycles. The van der Waals surface area contributed by atoms with Crippen molar-refractivity contribution in [1.82, 2.24) is 14.7 Å². The second kappa shape index (κ2) is 11.4. The van der Waals surface area contributed by atoms with Crippen molar-refractivity contribution < 1.29 is 22.7 Å². The number of sulfonamides is 1. The van der Waals surface area contributed by atoms with Crippen LogP contribution in [0.15, 0.2) is 78.0 Å². The molecule has 0 aliphatic heterocycles. The lowest BCUT2D eigenvalue weighted by molar-refractivity contribution is 0.0978. The molecule has 0 radical (unpaired) electrons. The molecule has 9 heteroatoms. The van der Waals surface area contributed by atoms with E-state index < -0.39 is 15.9 Å². The maximum absolute atomic E-state index is 13.2. The van der Waals surface area contributed by atoms with Crippen LogP contribution in [0.3, 0.4) is 0 Å². The Kier molecular flexibility index (Phi) is 8.07. The second-order valence-corrected chi connectivity index (χ2v) is 10.5. The summed E-state index contributed by atoms with van der Waals surface area (Å²) in [6, 6.07) is 18.9. The first-order valence-corrected chi connectivity index (χ1v) is 13.6. The molecule has 4 rings (SSSR count). The summed E-state index contributed by atoms with van der Waals surface area (Å²) >= 11 is 0. The summed E-state index contributed by atoms with van der Waals surface area (Å²) in [5.41, 5.74) is 4.09. The minimum atomic E-state index is -4.20. The second-order valence-electron chi connectivity index (χ2n) is 8.85. The first-order chi connectivity index (χ1) is 18.2. The predicted octanol–water partition coefficient (Wildman–Crippen LogP) is 5.77. The summed E-state index contributed by atoms with van der Waals surface area (Å²) in [6.45, 7) is 8.45. The fraction of sp³-hybridized carbons (Fsp3) is 0.207. The van der Waals surface area contributed by atoms with Crippen LogP contribution in [0, 0.1) is 20.8 Å². The van der Waals surface area contributed by atoms with Crippen molar-refractivity contribution >= 4 is 15.9 Å². The normalized spacial score (nSPS) is 11.2. The Morgan fingerprint density at radius 1 is 0.947 bits per heavy atom. The number of nitrogens with zero attached hydrogens (tertiary/aromatic N) is 2. The Morgan fingerprint density at radius 3 is 2.29 bits per heavy atom. The Morgan fingerprint density at radius 2 is 1.66 bits per heavy atom. The van der Waals surface area contributed by atoms with Crippen LogP contribution in [0.1, 0.15) is 40.4 Å². The zero-order valence-corrected chi connectivity index (χ0v) is 22.5. The fourth-order valence-electron chi connectivity index (χ4n) is 3.95. The highest BCUT2D eigenvalue weighted by Crippen LogP contribution is 2.33. The Balaban J connectivity index is 1.73. The van der Waals surface area contributed by atoms with Gasteiger partial charge < -0.3 is 9.47 Å². The lowest BCUT2D eigenvalue weighted by Gasteiger charge is -2.16. The van der Waals surface area contributed by atoms with Crippen LogP contribution in [0.2, 0.25) is 0 Å². The summed E-state index contributed by atoms with van der Waals surface area (Å²) in [5, 5.41) is -0.268. The van der Waals surface area contributed by atoms with E-state index in [0.717, 1.165) is 34.4 Å². The van der Waals surface area contributed by atoms with Crippen LogP contribution in [-0.2, 0) is 10.0 Å². The largest absolute Gasteiger partial charge is 0.494 e. The van der Waals surface area contributed by atoms with E-state index in [0.29, 0.717) is 18.1 Å². The van der Waals surface area contributed by atoms with Gasteiger partial charge in [0.25, 0.3) is 15.9 Å². The number of nitrogens with one attached hydrogen (secondary N) is 1. The maximum Gasteiger partial charge on any atom is 0.281 e. The molecule has 2 aromatic heterocycles. The van der Waals surface area contributed by atoms with E-state index in [2.05, 4.69) is 14.7 Å². The molecule has 2 heterocycles. The van der Waals surface area contributed by atoms with Gasteiger partial charge in [0.2, 0.25) is 5.88 Å². The average molecular weight is 532 g/mol. The van der Waals surface area contributed by atoms with Gasteiger partial charge in [-0.25, -0.2) is 14.7 Å². The van der Waals surface area contributed by atoms with Crippen LogP contribution < -0.4 is 14.2 Å². The summed E-state index contributed by atoms with van der Waals surface area (Å²) in [4.78, 5) is 21.7. The molecular formula is C29H29N3O5S. The van der Waals surface area contributed by atoms with Gasteiger partial charge >= 0.3 is 0 Å². The molecule has 2 aromatic carbocycles. The van der Waals surface area contributed by atoms with Crippen LogP contribution in [0.4, 0.5) is 0 Å². The Hall–Kier alpha value is -4.24. The highest BCUT2D eigenvalue weighted by atomic mass is 32.2. The van der Waals surface area contributed by atoms with Crippen LogP contribution >= 0.6 is 0 Å². The lowest BCUT2D eigenvalue weighted by Crippen LogP contribution is -2.31. The third-order valence-corrected chi connectivity index (χ3v) is 6.92. The monoisotopic (exact) mass is 531 g/mol. The van der Waals surface area contributed by atoms with Crippen molar-refractivity contribution in [3.05, 3.63) is 95.2 Å². The number of aryl methyl sites for hydroxylation is 3. The Labute approximate surface area is 222 Å². The molecule has 38 heavy (non-hydrogen) atoms. The molecule has 0 bridgehead atoms. The molecule has 0 saturated carbocycles. The predicted molar refractivity (Wildman–Crippen MR) is 145 cm³/mol. The summed E-state index contributed by atoms with van der Waals surface area (Å²) in [5.74, 6) is 0.395. The maximum atomic E-state index is 13.2. The molecule has 196 valence electrons. The topological polar surface area (TPSA) is 107 Å². The van der Waals surface area contributed by atoms with Crippen molar-refractivity contribution in [2.24, 2.45) is 0 Å². The molecule has 0 fully saturated rings. The van der Waals surface area contributed by atoms with Crippen LogP contribution in [-0.4, -0.2) is 30.9 Å². The molecule has 0 spiro atoms. The molecule has 8 nitrogen and oxygen atoms in total. The quantitative estimate of drug-likeness (QED) is 0.292. The van der Waals surface area contributed by atoms with Gasteiger partial charge in [-0.2, -0.15) is 8.42 Å². The number of hydrogen-bond donors (Lipinski definition) is 1. The zero-order valence-electron chi connectivity index (χ0n) is 21.7. The van der Waals surface area contributed by atoms with Gasteiger partial charge in [0.15, 0.2) is 5.03 Å². The van der Waals surface area contributed by atoms with E-state index in [-0.39, 0.29) is 16.5 Å². The van der Waals surface area contributed by atoms with Gasteiger partial charge in [0.05, 0.1) is 12.3 Å². The van der Waals surface area contributed by atoms with Gasteiger partial charge in [-0.1, -0.05) is 30.7 Å². The highest BCUT2D eigenvalue weighted by molar-refractivity contribution is 7.90. The zero-order chi connectivity index (χ0) is 27.3. The number of rotatable bonds is 9. The number of hydrogen-bond acceptors (Lipinski definition) is 7. The Bertz CT molecular complexity index is 1530. The van der Waals surface area contributed by atoms with Gasteiger partial charge in [0.1, 0.15) is 17.1 Å². The number of ether oxygens (including phenoxy) is 2. The molecular weight excluding hydrogens is 502 g/mol. The van der Waals surface area contributed by atoms with Gasteiger partial charge in [-0.15, -0.1) is 0 Å². The fourth-order valence-corrected chi connectivity index (χ4v) is 4.87. The smallest absolute Gasteiger partial charge is 0.281 e. The van der Waals surface area contributed by atoms with Crippen molar-refractivity contribution in [3.63, 3.8) is 0 Å². The van der Waals surface area contributed by atoms with Crippen molar-refractivity contribution in [3.8, 4) is 28.6 Å². The summed E-state index contributed by atoms with van der Waals surface area (Å²) in [6.07, 6.45) is 2.24. The van der Waals surface area contributed by atoms with Crippen molar-refractivity contribution in [2.45, 2.75) is 39.1 Å². The number of pyridine rings is 2. The van der Waals surface area contributed by atoms with E-state index in [4.69, 9.17) is 9.47 Å². The van der Waals surface area contributed by atoms with Crippen LogP contribution in [0.5, 0.6) is 17.4 Å².